The van der Waals surface area contributed by atoms with E-state index in [1.807, 2.05) is 18.2 Å². The maximum absolute atomic E-state index is 14.5. The van der Waals surface area contributed by atoms with Gasteiger partial charge in [-0.25, -0.2) is 0 Å². The summed E-state index contributed by atoms with van der Waals surface area (Å²) in [6.45, 7) is 0. The number of nitrogens with zero attached hydrogens (tertiary/aromatic N) is 2. The van der Waals surface area contributed by atoms with E-state index in [0.29, 0.717) is 39.2 Å². The number of amides is 4. The molecule has 5 aromatic rings. The molecular formula is C46H34N2O7. The highest BCUT2D eigenvalue weighted by Crippen LogP contribution is 2.59. The summed E-state index contributed by atoms with van der Waals surface area (Å²) in [5, 5.41) is 11.2. The minimum absolute atomic E-state index is 0.0296. The molecule has 2 saturated heterocycles. The van der Waals surface area contributed by atoms with Crippen molar-refractivity contribution < 1.29 is 33.9 Å². The summed E-state index contributed by atoms with van der Waals surface area (Å²) < 4.78 is 0. The summed E-state index contributed by atoms with van der Waals surface area (Å²) in [4.78, 5) is 85.9. The van der Waals surface area contributed by atoms with E-state index in [-0.39, 0.29) is 36.1 Å². The van der Waals surface area contributed by atoms with E-state index in [0.717, 1.165) is 5.57 Å². The summed E-state index contributed by atoms with van der Waals surface area (Å²) in [5.41, 5.74) is 3.80. The van der Waals surface area contributed by atoms with Crippen LogP contribution in [-0.2, 0) is 19.2 Å². The van der Waals surface area contributed by atoms with Gasteiger partial charge in [0.05, 0.1) is 35.0 Å². The molecule has 2 aliphatic heterocycles. The van der Waals surface area contributed by atoms with Crippen molar-refractivity contribution in [1.29, 1.82) is 0 Å². The fourth-order valence-electron chi connectivity index (χ4n) is 9.23. The molecule has 0 radical (unpaired) electrons. The zero-order chi connectivity index (χ0) is 38.0. The highest BCUT2D eigenvalue weighted by molar-refractivity contribution is 6.24. The Hall–Kier alpha value is -6.74. The quantitative estimate of drug-likeness (QED) is 0.110. The van der Waals surface area contributed by atoms with Gasteiger partial charge >= 0.3 is 0 Å². The molecule has 9 nitrogen and oxygen atoms in total. The third-order valence-electron chi connectivity index (χ3n) is 11.8. The molecule has 0 spiro atoms. The van der Waals surface area contributed by atoms with Gasteiger partial charge in [-0.05, 0) is 73.4 Å². The minimum Gasteiger partial charge on any atom is -0.508 e. The molecule has 0 bridgehead atoms. The molecular weight excluding hydrogens is 693 g/mol. The summed E-state index contributed by atoms with van der Waals surface area (Å²) in [6, 6.07) is 37.2. The number of phenolic OH excluding ortho intramolecular Hbond substituents is 1. The van der Waals surface area contributed by atoms with Crippen molar-refractivity contribution in [2.24, 2.45) is 29.6 Å². The second-order valence-corrected chi connectivity index (χ2v) is 14.6. The van der Waals surface area contributed by atoms with Gasteiger partial charge in [0.25, 0.3) is 0 Å². The van der Waals surface area contributed by atoms with Crippen LogP contribution in [0.5, 0.6) is 5.75 Å². The average molecular weight is 727 g/mol. The number of para-hydroxylation sites is 1. The van der Waals surface area contributed by atoms with Crippen molar-refractivity contribution in [1.82, 2.24) is 0 Å². The number of rotatable bonds is 7. The lowest BCUT2D eigenvalue weighted by Gasteiger charge is -2.44. The van der Waals surface area contributed by atoms with E-state index in [1.165, 1.54) is 9.80 Å². The first-order chi connectivity index (χ1) is 26.7. The van der Waals surface area contributed by atoms with E-state index in [2.05, 4.69) is 0 Å². The molecule has 3 fully saturated rings. The number of phenols is 1. The first-order valence-electron chi connectivity index (χ1n) is 18.4. The average Bonchev–Trinajstić information content (AvgIpc) is 3.63. The second kappa shape index (κ2) is 13.3. The molecule has 55 heavy (non-hydrogen) atoms. The zero-order valence-corrected chi connectivity index (χ0v) is 29.4. The molecule has 0 aromatic heterocycles. The highest BCUT2D eigenvalue weighted by Gasteiger charge is 2.62. The lowest BCUT2D eigenvalue weighted by atomic mass is 9.57. The van der Waals surface area contributed by atoms with Crippen LogP contribution in [0.4, 0.5) is 11.4 Å². The van der Waals surface area contributed by atoms with Gasteiger partial charge in [0.15, 0.2) is 11.6 Å². The van der Waals surface area contributed by atoms with E-state index >= 15 is 0 Å². The van der Waals surface area contributed by atoms with Crippen molar-refractivity contribution in [3.05, 3.63) is 173 Å². The largest absolute Gasteiger partial charge is 0.508 e. The first kappa shape index (κ1) is 34.1. The maximum Gasteiger partial charge on any atom is 0.238 e. The minimum atomic E-state index is -0.858. The SMILES string of the molecule is O=C(c1ccccc1)c1ccc(N2C(=O)C3CC=C4C(CC5C(=O)N(c6ccc(C(=O)c7ccccc7)cc6)C(=O)C5C4c4ccccc4O)C3C2=O)cc1. The third-order valence-corrected chi connectivity index (χ3v) is 11.8. The van der Waals surface area contributed by atoms with Crippen molar-refractivity contribution in [2.45, 2.75) is 18.8 Å². The Bertz CT molecular complexity index is 2440. The van der Waals surface area contributed by atoms with Crippen LogP contribution in [0.2, 0.25) is 0 Å². The smallest absolute Gasteiger partial charge is 0.238 e. The molecule has 9 heteroatoms. The number of fused-ring (bicyclic) bond motifs is 4. The Morgan fingerprint density at radius 3 is 1.47 bits per heavy atom. The molecule has 4 amide bonds. The normalized spacial score (nSPS) is 24.3. The number of hydrogen-bond acceptors (Lipinski definition) is 7. The van der Waals surface area contributed by atoms with Gasteiger partial charge in [-0.1, -0.05) is 90.5 Å². The lowest BCUT2D eigenvalue weighted by Crippen LogP contribution is -2.43. The summed E-state index contributed by atoms with van der Waals surface area (Å²) >= 11 is 0. The van der Waals surface area contributed by atoms with Crippen molar-refractivity contribution >= 4 is 46.6 Å². The number of allylic oxidation sites excluding steroid dienone is 2. The van der Waals surface area contributed by atoms with Crippen molar-refractivity contribution in [3.63, 3.8) is 0 Å². The van der Waals surface area contributed by atoms with Gasteiger partial charge in [0.2, 0.25) is 23.6 Å². The standard InChI is InChI=1S/C46H34N2O7/c49-37-14-8-7-13-33(37)38-32-23-24-34-39(45(54)47(43(34)52)30-19-15-28(16-20-30)41(50)26-9-3-1-4-10-26)35(32)25-36-40(38)46(55)48(44(36)53)31-21-17-29(18-22-31)42(51)27-11-5-2-6-12-27/h1-23,34-36,38-40,49H,24-25H2. The van der Waals surface area contributed by atoms with Gasteiger partial charge in [-0.15, -0.1) is 0 Å². The molecule has 2 aliphatic carbocycles. The Kier molecular flexibility index (Phi) is 8.22. The van der Waals surface area contributed by atoms with Gasteiger partial charge in [0, 0.05) is 33.7 Å². The highest BCUT2D eigenvalue weighted by atomic mass is 16.3. The molecule has 2 heterocycles. The van der Waals surface area contributed by atoms with E-state index < -0.39 is 53.2 Å². The van der Waals surface area contributed by atoms with Crippen LogP contribution >= 0.6 is 0 Å². The Labute approximate surface area is 316 Å². The van der Waals surface area contributed by atoms with Crippen LogP contribution in [-0.4, -0.2) is 40.3 Å². The molecule has 1 saturated carbocycles. The van der Waals surface area contributed by atoms with Crippen LogP contribution in [0.25, 0.3) is 0 Å². The van der Waals surface area contributed by atoms with E-state index in [4.69, 9.17) is 0 Å². The Morgan fingerprint density at radius 1 is 0.491 bits per heavy atom. The number of carbonyl (C=O) groups is 6. The van der Waals surface area contributed by atoms with Gasteiger partial charge in [-0.2, -0.15) is 0 Å². The molecule has 270 valence electrons. The van der Waals surface area contributed by atoms with Crippen molar-refractivity contribution in [2.75, 3.05) is 9.80 Å². The zero-order valence-electron chi connectivity index (χ0n) is 29.4. The number of ketones is 2. The van der Waals surface area contributed by atoms with Crippen LogP contribution in [0, 0.1) is 29.6 Å². The van der Waals surface area contributed by atoms with E-state index in [1.54, 1.807) is 121 Å². The first-order valence-corrected chi connectivity index (χ1v) is 18.4. The number of hydrogen-bond donors (Lipinski definition) is 1. The van der Waals surface area contributed by atoms with Gasteiger partial charge in [0.1, 0.15) is 5.75 Å². The number of benzene rings is 5. The van der Waals surface area contributed by atoms with Gasteiger partial charge < -0.3 is 5.11 Å². The lowest BCUT2D eigenvalue weighted by molar-refractivity contribution is -0.126. The number of anilines is 2. The Balaban J connectivity index is 1.04. The summed E-state index contributed by atoms with van der Waals surface area (Å²) in [5.74, 6) is -6.40. The monoisotopic (exact) mass is 726 g/mol. The summed E-state index contributed by atoms with van der Waals surface area (Å²) in [6.07, 6.45) is 2.36. The van der Waals surface area contributed by atoms with Gasteiger partial charge in [-0.3, -0.25) is 38.6 Å². The fraction of sp³-hybridized carbons (Fsp3) is 0.174. The fourth-order valence-corrected chi connectivity index (χ4v) is 9.23. The summed E-state index contributed by atoms with van der Waals surface area (Å²) in [7, 11) is 0. The molecule has 4 aliphatic rings. The van der Waals surface area contributed by atoms with E-state index in [9.17, 15) is 33.9 Å². The van der Waals surface area contributed by atoms with Crippen LogP contribution in [0.1, 0.15) is 56.2 Å². The third kappa shape index (κ3) is 5.45. The molecule has 6 atom stereocenters. The molecule has 9 rings (SSSR count). The van der Waals surface area contributed by atoms with Crippen LogP contribution in [0.15, 0.2) is 145 Å². The van der Waals surface area contributed by atoms with Crippen LogP contribution < -0.4 is 9.80 Å². The second-order valence-electron chi connectivity index (χ2n) is 14.6. The predicted octanol–water partition coefficient (Wildman–Crippen LogP) is 6.90. The predicted molar refractivity (Wildman–Crippen MR) is 203 cm³/mol. The Morgan fingerprint density at radius 2 is 0.945 bits per heavy atom. The number of carbonyl (C=O) groups excluding carboxylic acids is 6. The molecule has 1 N–H and O–H groups in total. The topological polar surface area (TPSA) is 129 Å². The van der Waals surface area contributed by atoms with Crippen molar-refractivity contribution in [3.8, 4) is 5.75 Å². The molecule has 5 aromatic carbocycles. The number of aromatic hydroxyl groups is 1. The maximum atomic E-state index is 14.5. The number of imide groups is 2. The molecule has 6 unspecified atom stereocenters. The van der Waals surface area contributed by atoms with Crippen LogP contribution in [0.3, 0.4) is 0 Å².